The highest BCUT2D eigenvalue weighted by molar-refractivity contribution is 6.80. The Kier molecular flexibility index (Phi) is 5.15. The zero-order valence-corrected chi connectivity index (χ0v) is 13.5. The van der Waals surface area contributed by atoms with Gasteiger partial charge in [-0.25, -0.2) is 0 Å². The van der Waals surface area contributed by atoms with Crippen molar-refractivity contribution in [3.05, 3.63) is 47.7 Å². The van der Waals surface area contributed by atoms with E-state index in [1.165, 1.54) is 5.56 Å². The Balaban J connectivity index is 1.97. The molecule has 0 amide bonds. The van der Waals surface area contributed by atoms with Gasteiger partial charge in [-0.15, -0.1) is 0 Å². The summed E-state index contributed by atoms with van der Waals surface area (Å²) >= 11 is 0. The van der Waals surface area contributed by atoms with E-state index in [2.05, 4.69) is 48.9 Å². The number of ether oxygens (including phenoxy) is 1. The zero-order valence-electron chi connectivity index (χ0n) is 12.5. The van der Waals surface area contributed by atoms with Gasteiger partial charge in [0.2, 0.25) is 0 Å². The molecular formula is C16H25NO2Si. The van der Waals surface area contributed by atoms with Crippen molar-refractivity contribution in [1.82, 2.24) is 5.32 Å². The third kappa shape index (κ3) is 4.56. The number of nitrogens with one attached hydrogen (secondary N) is 1. The van der Waals surface area contributed by atoms with E-state index >= 15 is 0 Å². The maximum atomic E-state index is 9.96. The molecule has 3 atom stereocenters. The van der Waals surface area contributed by atoms with Crippen molar-refractivity contribution in [3.63, 3.8) is 0 Å². The van der Waals surface area contributed by atoms with Gasteiger partial charge in [-0.3, -0.25) is 0 Å². The standard InChI is InChI=1S/C16H25NO2Si/c1-20(2,3)11-7-10-14-16(18)19-12-15(17-14)13-8-5-4-6-9-13/h4-9,11,14-18H,10,12H2,1-3H3/b11-7+. The van der Waals surface area contributed by atoms with Gasteiger partial charge in [-0.05, 0) is 12.0 Å². The van der Waals surface area contributed by atoms with Gasteiger partial charge in [0, 0.05) is 0 Å². The summed E-state index contributed by atoms with van der Waals surface area (Å²) in [6.07, 6.45) is 2.26. The topological polar surface area (TPSA) is 41.5 Å². The van der Waals surface area contributed by atoms with Crippen molar-refractivity contribution in [1.29, 1.82) is 0 Å². The van der Waals surface area contributed by atoms with Gasteiger partial charge >= 0.3 is 0 Å². The van der Waals surface area contributed by atoms with Crippen LogP contribution in [0, 0.1) is 0 Å². The average molecular weight is 291 g/mol. The molecule has 1 aromatic rings. The van der Waals surface area contributed by atoms with Crippen LogP contribution in [0.25, 0.3) is 0 Å². The Morgan fingerprint density at radius 3 is 2.65 bits per heavy atom. The molecule has 4 heteroatoms. The molecule has 20 heavy (non-hydrogen) atoms. The predicted molar refractivity (Wildman–Crippen MR) is 85.2 cm³/mol. The molecule has 1 aliphatic rings. The molecule has 0 radical (unpaired) electrons. The number of rotatable bonds is 4. The molecule has 0 aromatic heterocycles. The van der Waals surface area contributed by atoms with E-state index in [0.29, 0.717) is 6.61 Å². The number of benzene rings is 1. The second kappa shape index (κ2) is 6.67. The third-order valence-electron chi connectivity index (χ3n) is 3.40. The monoisotopic (exact) mass is 291 g/mol. The maximum absolute atomic E-state index is 9.96. The summed E-state index contributed by atoms with van der Waals surface area (Å²) < 4.78 is 5.51. The molecule has 0 spiro atoms. The van der Waals surface area contributed by atoms with Crippen molar-refractivity contribution in [2.75, 3.05) is 6.61 Å². The first-order valence-electron chi connectivity index (χ1n) is 7.24. The van der Waals surface area contributed by atoms with Crippen molar-refractivity contribution in [2.24, 2.45) is 0 Å². The third-order valence-corrected chi connectivity index (χ3v) is 4.64. The van der Waals surface area contributed by atoms with E-state index < -0.39 is 14.4 Å². The van der Waals surface area contributed by atoms with E-state index in [0.717, 1.165) is 6.42 Å². The number of morpholine rings is 1. The summed E-state index contributed by atoms with van der Waals surface area (Å²) in [4.78, 5) is 0. The smallest absolute Gasteiger partial charge is 0.170 e. The van der Waals surface area contributed by atoms with Crippen LogP contribution in [0.2, 0.25) is 19.6 Å². The van der Waals surface area contributed by atoms with Crippen LogP contribution in [0.15, 0.2) is 42.1 Å². The van der Waals surface area contributed by atoms with Crippen LogP contribution in [0.3, 0.4) is 0 Å². The molecule has 2 N–H and O–H groups in total. The molecule has 3 unspecified atom stereocenters. The molecule has 3 nitrogen and oxygen atoms in total. The Morgan fingerprint density at radius 1 is 1.30 bits per heavy atom. The van der Waals surface area contributed by atoms with Gasteiger partial charge in [0.15, 0.2) is 6.29 Å². The van der Waals surface area contributed by atoms with Gasteiger partial charge in [-0.2, -0.15) is 0 Å². The molecule has 1 heterocycles. The predicted octanol–water partition coefficient (Wildman–Crippen LogP) is 2.86. The van der Waals surface area contributed by atoms with Crippen LogP contribution in [0.1, 0.15) is 18.0 Å². The highest BCUT2D eigenvalue weighted by Gasteiger charge is 2.29. The van der Waals surface area contributed by atoms with Crippen molar-refractivity contribution < 1.29 is 9.84 Å². The molecule has 2 rings (SSSR count). The molecule has 0 bridgehead atoms. The summed E-state index contributed by atoms with van der Waals surface area (Å²) in [5.41, 5.74) is 3.52. The SMILES string of the molecule is C[Si](C)(C)/C=C/CC1NC(c2ccccc2)COC1O. The second-order valence-electron chi connectivity index (χ2n) is 6.46. The normalized spacial score (nSPS) is 27.9. The molecule has 110 valence electrons. The first kappa shape index (κ1) is 15.4. The first-order chi connectivity index (χ1) is 9.46. The average Bonchev–Trinajstić information content (AvgIpc) is 2.40. The lowest BCUT2D eigenvalue weighted by Gasteiger charge is -2.34. The number of hydrogen-bond donors (Lipinski definition) is 2. The zero-order chi connectivity index (χ0) is 14.6. The Hall–Kier alpha value is -0.943. The number of aliphatic hydroxyl groups is 1. The summed E-state index contributed by atoms with van der Waals surface area (Å²) in [6.45, 7) is 7.42. The molecule has 1 saturated heterocycles. The minimum atomic E-state index is -1.18. The summed E-state index contributed by atoms with van der Waals surface area (Å²) in [6, 6.07) is 10.4. The summed E-state index contributed by atoms with van der Waals surface area (Å²) in [5, 5.41) is 13.5. The molecule has 0 saturated carbocycles. The largest absolute Gasteiger partial charge is 0.367 e. The fourth-order valence-corrected chi connectivity index (χ4v) is 3.17. The minimum Gasteiger partial charge on any atom is -0.367 e. The lowest BCUT2D eigenvalue weighted by molar-refractivity contribution is -0.152. The lowest BCUT2D eigenvalue weighted by atomic mass is 10.0. The maximum Gasteiger partial charge on any atom is 0.170 e. The lowest BCUT2D eigenvalue weighted by Crippen LogP contribution is -2.49. The van der Waals surface area contributed by atoms with Crippen molar-refractivity contribution >= 4 is 8.07 Å². The van der Waals surface area contributed by atoms with E-state index in [9.17, 15) is 5.11 Å². The number of hydrogen-bond acceptors (Lipinski definition) is 3. The van der Waals surface area contributed by atoms with Crippen LogP contribution >= 0.6 is 0 Å². The fraction of sp³-hybridized carbons (Fsp3) is 0.500. The van der Waals surface area contributed by atoms with Gasteiger partial charge in [0.05, 0.1) is 26.8 Å². The molecule has 1 aromatic carbocycles. The Bertz CT molecular complexity index is 442. The van der Waals surface area contributed by atoms with Crippen LogP contribution in [-0.2, 0) is 4.74 Å². The summed E-state index contributed by atoms with van der Waals surface area (Å²) in [7, 11) is -1.18. The summed E-state index contributed by atoms with van der Waals surface area (Å²) in [5.74, 6) is 0. The Morgan fingerprint density at radius 2 is 2.00 bits per heavy atom. The van der Waals surface area contributed by atoms with Crippen LogP contribution < -0.4 is 5.32 Å². The van der Waals surface area contributed by atoms with Crippen molar-refractivity contribution in [3.8, 4) is 0 Å². The molecule has 1 fully saturated rings. The van der Waals surface area contributed by atoms with E-state index in [4.69, 9.17) is 4.74 Å². The molecule has 0 aliphatic carbocycles. The molecule has 1 aliphatic heterocycles. The fourth-order valence-electron chi connectivity index (χ4n) is 2.33. The first-order valence-corrected chi connectivity index (χ1v) is 10.8. The van der Waals surface area contributed by atoms with Gasteiger partial charge in [0.25, 0.3) is 0 Å². The van der Waals surface area contributed by atoms with Crippen LogP contribution in [-0.4, -0.2) is 32.1 Å². The minimum absolute atomic E-state index is 0.0402. The van der Waals surface area contributed by atoms with Crippen LogP contribution in [0.4, 0.5) is 0 Å². The van der Waals surface area contributed by atoms with Crippen LogP contribution in [0.5, 0.6) is 0 Å². The number of aliphatic hydroxyl groups excluding tert-OH is 1. The van der Waals surface area contributed by atoms with E-state index in [1.54, 1.807) is 0 Å². The quantitative estimate of drug-likeness (QED) is 0.838. The Labute approximate surface area is 122 Å². The van der Waals surface area contributed by atoms with Gasteiger partial charge in [-0.1, -0.05) is 61.7 Å². The van der Waals surface area contributed by atoms with Gasteiger partial charge < -0.3 is 15.2 Å². The molecular weight excluding hydrogens is 266 g/mol. The van der Waals surface area contributed by atoms with Gasteiger partial charge in [0.1, 0.15) is 0 Å². The van der Waals surface area contributed by atoms with E-state index in [-0.39, 0.29) is 12.1 Å². The highest BCUT2D eigenvalue weighted by Crippen LogP contribution is 2.21. The highest BCUT2D eigenvalue weighted by atomic mass is 28.3. The second-order valence-corrected chi connectivity index (χ2v) is 11.5. The van der Waals surface area contributed by atoms with E-state index in [1.807, 2.05) is 18.2 Å². The van der Waals surface area contributed by atoms with Crippen molar-refractivity contribution in [2.45, 2.75) is 44.4 Å².